The molecule has 3 heteroatoms. The molecular formula is C18H18O3. The Morgan fingerprint density at radius 3 is 2.14 bits per heavy atom. The second kappa shape index (κ2) is 5.83. The fourth-order valence-corrected chi connectivity index (χ4v) is 2.47. The highest BCUT2D eigenvalue weighted by Crippen LogP contribution is 2.25. The van der Waals surface area contributed by atoms with E-state index in [0.717, 1.165) is 16.7 Å². The number of carbonyl (C=O) groups excluding carboxylic acids is 1. The first-order chi connectivity index (χ1) is 9.88. The van der Waals surface area contributed by atoms with E-state index in [1.54, 1.807) is 12.1 Å². The van der Waals surface area contributed by atoms with Gasteiger partial charge in [-0.25, -0.2) is 0 Å². The minimum absolute atomic E-state index is 0.0717. The number of hydrogen-bond donors (Lipinski definition) is 2. The van der Waals surface area contributed by atoms with E-state index in [4.69, 9.17) is 0 Å². The quantitative estimate of drug-likeness (QED) is 0.509. The number of aromatic hydroxyl groups is 2. The van der Waals surface area contributed by atoms with Crippen LogP contribution in [0.1, 0.15) is 32.6 Å². The molecule has 0 aromatic heterocycles. The minimum atomic E-state index is -0.202. The molecule has 2 aromatic carbocycles. The third kappa shape index (κ3) is 3.31. The van der Waals surface area contributed by atoms with Crippen LogP contribution in [0.15, 0.2) is 36.4 Å². The molecular weight excluding hydrogens is 264 g/mol. The monoisotopic (exact) mass is 282 g/mol. The van der Waals surface area contributed by atoms with Crippen molar-refractivity contribution in [2.24, 2.45) is 0 Å². The van der Waals surface area contributed by atoms with Crippen LogP contribution in [0, 0.1) is 20.8 Å². The first-order valence-corrected chi connectivity index (χ1v) is 6.70. The van der Waals surface area contributed by atoms with E-state index < -0.39 is 0 Å². The summed E-state index contributed by atoms with van der Waals surface area (Å²) in [5, 5.41) is 18.7. The van der Waals surface area contributed by atoms with Gasteiger partial charge >= 0.3 is 0 Å². The van der Waals surface area contributed by atoms with Crippen molar-refractivity contribution in [3.8, 4) is 11.5 Å². The standard InChI is InChI=1S/C18H18O3/c1-11-8-12(2)18(13(3)9-11)16(20)7-5-14-4-6-15(19)17(21)10-14/h4-10,19,21H,1-3H3/b7-5+. The number of carbonyl (C=O) groups is 1. The topological polar surface area (TPSA) is 57.5 Å². The normalized spacial score (nSPS) is 11.0. The SMILES string of the molecule is Cc1cc(C)c(C(=O)/C=C/c2ccc(O)c(O)c2)c(C)c1. The average molecular weight is 282 g/mol. The van der Waals surface area contributed by atoms with Gasteiger partial charge in [-0.3, -0.25) is 4.79 Å². The molecule has 21 heavy (non-hydrogen) atoms. The second-order valence-electron chi connectivity index (χ2n) is 5.22. The third-order valence-electron chi connectivity index (χ3n) is 3.35. The molecule has 0 atom stereocenters. The molecule has 0 unspecified atom stereocenters. The third-order valence-corrected chi connectivity index (χ3v) is 3.35. The number of allylic oxidation sites excluding steroid dienone is 1. The maximum Gasteiger partial charge on any atom is 0.186 e. The lowest BCUT2D eigenvalue weighted by molar-refractivity contribution is 0.104. The molecule has 0 aliphatic heterocycles. The molecule has 2 aromatic rings. The van der Waals surface area contributed by atoms with Crippen molar-refractivity contribution in [3.63, 3.8) is 0 Å². The van der Waals surface area contributed by atoms with Gasteiger partial charge in [-0.1, -0.05) is 29.8 Å². The number of phenols is 2. The zero-order chi connectivity index (χ0) is 15.6. The van der Waals surface area contributed by atoms with Crippen LogP contribution >= 0.6 is 0 Å². The number of ketones is 1. The summed E-state index contributed by atoms with van der Waals surface area (Å²) in [7, 11) is 0. The fourth-order valence-electron chi connectivity index (χ4n) is 2.47. The van der Waals surface area contributed by atoms with E-state index in [0.29, 0.717) is 11.1 Å². The van der Waals surface area contributed by atoms with Crippen LogP contribution in [0.25, 0.3) is 6.08 Å². The van der Waals surface area contributed by atoms with Crippen molar-refractivity contribution in [3.05, 3.63) is 64.2 Å². The Morgan fingerprint density at radius 1 is 0.952 bits per heavy atom. The number of benzene rings is 2. The Bertz CT molecular complexity index is 704. The summed E-state index contributed by atoms with van der Waals surface area (Å²) in [5.74, 6) is -0.450. The Kier molecular flexibility index (Phi) is 4.13. The van der Waals surface area contributed by atoms with Crippen molar-refractivity contribution >= 4 is 11.9 Å². The van der Waals surface area contributed by atoms with Crippen LogP contribution in [-0.2, 0) is 0 Å². The molecule has 3 nitrogen and oxygen atoms in total. The summed E-state index contributed by atoms with van der Waals surface area (Å²) in [6, 6.07) is 8.41. The predicted octanol–water partition coefficient (Wildman–Crippen LogP) is 3.92. The summed E-state index contributed by atoms with van der Waals surface area (Å²) < 4.78 is 0. The van der Waals surface area contributed by atoms with Crippen LogP contribution in [0.4, 0.5) is 0 Å². The summed E-state index contributed by atoms with van der Waals surface area (Å²) in [6.45, 7) is 5.85. The van der Waals surface area contributed by atoms with E-state index in [1.807, 2.05) is 32.9 Å². The van der Waals surface area contributed by atoms with Gasteiger partial charge in [-0.15, -0.1) is 0 Å². The maximum atomic E-state index is 12.3. The second-order valence-corrected chi connectivity index (χ2v) is 5.22. The van der Waals surface area contributed by atoms with Gasteiger partial charge in [-0.2, -0.15) is 0 Å². The van der Waals surface area contributed by atoms with Crippen LogP contribution in [0.3, 0.4) is 0 Å². The predicted molar refractivity (Wildman–Crippen MR) is 83.8 cm³/mol. The highest BCUT2D eigenvalue weighted by Gasteiger charge is 2.10. The minimum Gasteiger partial charge on any atom is -0.504 e. The lowest BCUT2D eigenvalue weighted by Gasteiger charge is -2.08. The van der Waals surface area contributed by atoms with E-state index in [9.17, 15) is 15.0 Å². The molecule has 0 radical (unpaired) electrons. The van der Waals surface area contributed by atoms with Crippen LogP contribution in [-0.4, -0.2) is 16.0 Å². The van der Waals surface area contributed by atoms with E-state index in [2.05, 4.69) is 0 Å². The molecule has 0 fully saturated rings. The van der Waals surface area contributed by atoms with E-state index >= 15 is 0 Å². The van der Waals surface area contributed by atoms with Gasteiger partial charge in [0.15, 0.2) is 17.3 Å². The molecule has 0 bridgehead atoms. The molecule has 2 rings (SSSR count). The lowest BCUT2D eigenvalue weighted by atomic mass is 9.96. The van der Waals surface area contributed by atoms with Crippen molar-refractivity contribution in [1.82, 2.24) is 0 Å². The summed E-state index contributed by atoms with van der Waals surface area (Å²) in [4.78, 5) is 12.3. The first-order valence-electron chi connectivity index (χ1n) is 6.70. The Morgan fingerprint density at radius 2 is 1.57 bits per heavy atom. The summed E-state index contributed by atoms with van der Waals surface area (Å²) in [6.07, 6.45) is 3.11. The zero-order valence-electron chi connectivity index (χ0n) is 12.3. The van der Waals surface area contributed by atoms with Gasteiger partial charge in [0.2, 0.25) is 0 Å². The highest BCUT2D eigenvalue weighted by molar-refractivity contribution is 6.08. The van der Waals surface area contributed by atoms with Crippen LogP contribution in [0.5, 0.6) is 11.5 Å². The molecule has 0 amide bonds. The van der Waals surface area contributed by atoms with Crippen molar-refractivity contribution in [2.75, 3.05) is 0 Å². The van der Waals surface area contributed by atoms with E-state index in [1.165, 1.54) is 18.2 Å². The molecule has 0 saturated carbocycles. The van der Waals surface area contributed by atoms with Gasteiger partial charge in [0.05, 0.1) is 0 Å². The van der Waals surface area contributed by atoms with Crippen molar-refractivity contribution in [1.29, 1.82) is 0 Å². The van der Waals surface area contributed by atoms with E-state index in [-0.39, 0.29) is 17.3 Å². The average Bonchev–Trinajstić information content (AvgIpc) is 2.39. The molecule has 0 spiro atoms. The van der Waals surface area contributed by atoms with Crippen molar-refractivity contribution in [2.45, 2.75) is 20.8 Å². The molecule has 108 valence electrons. The molecule has 0 saturated heterocycles. The van der Waals surface area contributed by atoms with Gasteiger partial charge in [0, 0.05) is 5.56 Å². The smallest absolute Gasteiger partial charge is 0.186 e. The number of aryl methyl sites for hydroxylation is 3. The van der Waals surface area contributed by atoms with Gasteiger partial charge in [-0.05, 0) is 55.7 Å². The fraction of sp³-hybridized carbons (Fsp3) is 0.167. The summed E-state index contributed by atoms with van der Waals surface area (Å²) in [5.41, 5.74) is 4.40. The highest BCUT2D eigenvalue weighted by atomic mass is 16.3. The van der Waals surface area contributed by atoms with Crippen molar-refractivity contribution < 1.29 is 15.0 Å². The largest absolute Gasteiger partial charge is 0.504 e. The Hall–Kier alpha value is -2.55. The molecule has 0 heterocycles. The number of rotatable bonds is 3. The van der Waals surface area contributed by atoms with Gasteiger partial charge < -0.3 is 10.2 Å². The Balaban J connectivity index is 2.29. The number of phenolic OH excluding ortho intramolecular Hbond substituents is 2. The molecule has 0 aliphatic carbocycles. The first kappa shape index (κ1) is 14.9. The maximum absolute atomic E-state index is 12.3. The number of hydrogen-bond acceptors (Lipinski definition) is 3. The van der Waals surface area contributed by atoms with Crippen LogP contribution < -0.4 is 0 Å². The van der Waals surface area contributed by atoms with Crippen LogP contribution in [0.2, 0.25) is 0 Å². The van der Waals surface area contributed by atoms with Gasteiger partial charge in [0.1, 0.15) is 0 Å². The molecule has 0 aliphatic rings. The molecule has 2 N–H and O–H groups in total. The summed E-state index contributed by atoms with van der Waals surface area (Å²) >= 11 is 0. The lowest BCUT2D eigenvalue weighted by Crippen LogP contribution is -2.02. The van der Waals surface area contributed by atoms with Gasteiger partial charge in [0.25, 0.3) is 0 Å². The zero-order valence-corrected chi connectivity index (χ0v) is 12.3. The Labute approximate surface area is 124 Å².